The summed E-state index contributed by atoms with van der Waals surface area (Å²) >= 11 is 0. The van der Waals surface area contributed by atoms with Crippen molar-refractivity contribution in [2.75, 3.05) is 14.2 Å². The number of carbonyl (C=O) groups excluding carboxylic acids is 2. The van der Waals surface area contributed by atoms with Crippen LogP contribution in [0, 0.1) is 0 Å². The smallest absolute Gasteiger partial charge is 0.338 e. The van der Waals surface area contributed by atoms with Crippen LogP contribution in [0.3, 0.4) is 0 Å². The maximum atomic E-state index is 12.1. The topological polar surface area (TPSA) is 57.5 Å². The van der Waals surface area contributed by atoms with E-state index in [9.17, 15) is 9.59 Å². The monoisotopic (exact) mass is 337 g/mol. The summed E-state index contributed by atoms with van der Waals surface area (Å²) in [7, 11) is 4.89. The number of hydrogen-bond donors (Lipinski definition) is 0. The summed E-state index contributed by atoms with van der Waals surface area (Å²) in [4.78, 5) is 23.3. The molecule has 0 amide bonds. The predicted octanol–water partition coefficient (Wildman–Crippen LogP) is 3.38. The molecule has 0 unspecified atom stereocenters. The van der Waals surface area contributed by atoms with Crippen LogP contribution in [0.1, 0.15) is 31.8 Å². The molecule has 0 aliphatic heterocycles. The first-order valence-corrected chi connectivity index (χ1v) is 7.86. The number of benzene rings is 2. The molecule has 0 fully saturated rings. The van der Waals surface area contributed by atoms with E-state index in [4.69, 9.17) is 9.47 Å². The van der Waals surface area contributed by atoms with E-state index < -0.39 is 5.97 Å². The Morgan fingerprint density at radius 1 is 1.20 bits per heavy atom. The number of hydrogen-bond acceptors (Lipinski definition) is 4. The number of aldehydes is 1. The van der Waals surface area contributed by atoms with Crippen molar-refractivity contribution in [2.45, 2.75) is 6.42 Å². The minimum Gasteiger partial charge on any atom is -0.496 e. The summed E-state index contributed by atoms with van der Waals surface area (Å²) in [6.45, 7) is 0. The van der Waals surface area contributed by atoms with Crippen LogP contribution in [0.25, 0.3) is 10.9 Å². The number of fused-ring (bicyclic) bond motifs is 1. The molecule has 5 heteroatoms. The Bertz CT molecular complexity index is 956. The average molecular weight is 337 g/mol. The van der Waals surface area contributed by atoms with Gasteiger partial charge in [-0.25, -0.2) is 4.79 Å². The normalized spacial score (nSPS) is 10.7. The van der Waals surface area contributed by atoms with Gasteiger partial charge in [-0.05, 0) is 35.9 Å². The van der Waals surface area contributed by atoms with E-state index in [0.717, 1.165) is 28.3 Å². The molecule has 0 N–H and O–H groups in total. The Morgan fingerprint density at radius 3 is 2.68 bits per heavy atom. The fraction of sp³-hybridized carbons (Fsp3) is 0.200. The minimum atomic E-state index is -0.400. The van der Waals surface area contributed by atoms with Gasteiger partial charge in [0.15, 0.2) is 0 Å². The molecule has 0 saturated heterocycles. The average Bonchev–Trinajstić information content (AvgIpc) is 2.96. The Balaban J connectivity index is 2.16. The van der Waals surface area contributed by atoms with Crippen molar-refractivity contribution < 1.29 is 19.1 Å². The summed E-state index contributed by atoms with van der Waals surface area (Å²) in [5.74, 6) is 0.231. The molecule has 3 rings (SSSR count). The molecular formula is C20H19NO4. The zero-order valence-electron chi connectivity index (χ0n) is 14.4. The highest BCUT2D eigenvalue weighted by Gasteiger charge is 2.18. The third-order valence-corrected chi connectivity index (χ3v) is 4.36. The number of aromatic nitrogens is 1. The fourth-order valence-corrected chi connectivity index (χ4v) is 3.14. The first-order chi connectivity index (χ1) is 12.1. The highest BCUT2D eigenvalue weighted by molar-refractivity contribution is 5.93. The van der Waals surface area contributed by atoms with Gasteiger partial charge in [-0.3, -0.25) is 4.79 Å². The van der Waals surface area contributed by atoms with E-state index in [1.165, 1.54) is 7.11 Å². The SMILES string of the molecule is COC(=O)c1cccc(OC)c1Cc1cn(C)c2ccc(C=O)cc12. The summed E-state index contributed by atoms with van der Waals surface area (Å²) in [5.41, 5.74) is 3.89. The number of ether oxygens (including phenoxy) is 2. The Morgan fingerprint density at radius 2 is 2.00 bits per heavy atom. The van der Waals surface area contributed by atoms with Crippen LogP contribution in [-0.2, 0) is 18.2 Å². The molecule has 0 spiro atoms. The Hall–Kier alpha value is -3.08. The molecule has 0 aliphatic carbocycles. The van der Waals surface area contributed by atoms with Crippen molar-refractivity contribution in [3.05, 3.63) is 64.8 Å². The standard InChI is InChI=1S/C20H19NO4/c1-21-11-14(16-9-13(12-22)7-8-18(16)21)10-17-15(20(23)25-3)5-4-6-19(17)24-2/h4-9,11-12H,10H2,1-3H3. The summed E-state index contributed by atoms with van der Waals surface area (Å²) < 4.78 is 12.3. The second kappa shape index (κ2) is 6.81. The molecule has 5 nitrogen and oxygen atoms in total. The van der Waals surface area contributed by atoms with Gasteiger partial charge in [-0.1, -0.05) is 6.07 Å². The molecule has 3 aromatic rings. The lowest BCUT2D eigenvalue weighted by molar-refractivity contribution is 0.0599. The maximum Gasteiger partial charge on any atom is 0.338 e. The fourth-order valence-electron chi connectivity index (χ4n) is 3.14. The second-order valence-electron chi connectivity index (χ2n) is 5.81. The molecule has 1 aromatic heterocycles. The molecule has 0 aliphatic rings. The van der Waals surface area contributed by atoms with E-state index in [1.807, 2.05) is 36.0 Å². The molecule has 25 heavy (non-hydrogen) atoms. The van der Waals surface area contributed by atoms with Gasteiger partial charge in [0, 0.05) is 41.7 Å². The molecule has 0 saturated carbocycles. The molecule has 128 valence electrons. The van der Waals surface area contributed by atoms with Gasteiger partial charge >= 0.3 is 5.97 Å². The van der Waals surface area contributed by atoms with Gasteiger partial charge in [0.25, 0.3) is 0 Å². The first-order valence-electron chi connectivity index (χ1n) is 7.86. The third kappa shape index (κ3) is 3.01. The zero-order chi connectivity index (χ0) is 18.0. The van der Waals surface area contributed by atoms with E-state index in [-0.39, 0.29) is 0 Å². The van der Waals surface area contributed by atoms with E-state index >= 15 is 0 Å². The van der Waals surface area contributed by atoms with Gasteiger partial charge in [0.05, 0.1) is 19.8 Å². The maximum absolute atomic E-state index is 12.1. The van der Waals surface area contributed by atoms with Gasteiger partial charge in [-0.2, -0.15) is 0 Å². The quantitative estimate of drug-likeness (QED) is 0.529. The van der Waals surface area contributed by atoms with Crippen LogP contribution >= 0.6 is 0 Å². The highest BCUT2D eigenvalue weighted by atomic mass is 16.5. The number of nitrogens with zero attached hydrogens (tertiary/aromatic N) is 1. The van der Waals surface area contributed by atoms with Gasteiger partial charge in [-0.15, -0.1) is 0 Å². The van der Waals surface area contributed by atoms with Gasteiger partial charge in [0.1, 0.15) is 12.0 Å². The number of esters is 1. The predicted molar refractivity (Wildman–Crippen MR) is 95.4 cm³/mol. The lowest BCUT2D eigenvalue weighted by Crippen LogP contribution is -2.07. The Kier molecular flexibility index (Phi) is 4.57. The lowest BCUT2D eigenvalue weighted by Gasteiger charge is -2.12. The zero-order valence-corrected chi connectivity index (χ0v) is 14.4. The number of rotatable bonds is 5. The van der Waals surface area contributed by atoms with E-state index in [0.29, 0.717) is 23.3 Å². The lowest BCUT2D eigenvalue weighted by atomic mass is 9.97. The van der Waals surface area contributed by atoms with Crippen molar-refractivity contribution in [3.63, 3.8) is 0 Å². The van der Waals surface area contributed by atoms with Gasteiger partial charge in [0.2, 0.25) is 0 Å². The highest BCUT2D eigenvalue weighted by Crippen LogP contribution is 2.30. The van der Waals surface area contributed by atoms with Crippen LogP contribution in [0.4, 0.5) is 0 Å². The molecule has 0 radical (unpaired) electrons. The largest absolute Gasteiger partial charge is 0.496 e. The third-order valence-electron chi connectivity index (χ3n) is 4.36. The molecule has 2 aromatic carbocycles. The van der Waals surface area contributed by atoms with Crippen molar-refractivity contribution in [3.8, 4) is 5.75 Å². The summed E-state index contributed by atoms with van der Waals surface area (Å²) in [5, 5.41) is 0.980. The number of methoxy groups -OCH3 is 2. The molecule has 1 heterocycles. The summed E-state index contributed by atoms with van der Waals surface area (Å²) in [6, 6.07) is 10.9. The van der Waals surface area contributed by atoms with Crippen LogP contribution in [0.2, 0.25) is 0 Å². The molecule has 0 bridgehead atoms. The minimum absolute atomic E-state index is 0.400. The van der Waals surface area contributed by atoms with Crippen molar-refractivity contribution in [1.82, 2.24) is 4.57 Å². The molecular weight excluding hydrogens is 318 g/mol. The van der Waals surface area contributed by atoms with Crippen LogP contribution in [-0.4, -0.2) is 31.0 Å². The van der Waals surface area contributed by atoms with E-state index in [2.05, 4.69) is 0 Å². The number of aryl methyl sites for hydroxylation is 1. The number of carbonyl (C=O) groups is 2. The van der Waals surface area contributed by atoms with E-state index in [1.54, 1.807) is 25.3 Å². The Labute approximate surface area is 145 Å². The van der Waals surface area contributed by atoms with Crippen molar-refractivity contribution in [1.29, 1.82) is 0 Å². The van der Waals surface area contributed by atoms with Crippen molar-refractivity contribution >= 4 is 23.2 Å². The van der Waals surface area contributed by atoms with Crippen LogP contribution in [0.5, 0.6) is 5.75 Å². The first kappa shape index (κ1) is 16.8. The van der Waals surface area contributed by atoms with Gasteiger partial charge < -0.3 is 14.0 Å². The van der Waals surface area contributed by atoms with Crippen molar-refractivity contribution in [2.24, 2.45) is 7.05 Å². The van der Waals surface area contributed by atoms with Crippen LogP contribution < -0.4 is 4.74 Å². The molecule has 0 atom stereocenters. The second-order valence-corrected chi connectivity index (χ2v) is 5.81. The summed E-state index contributed by atoms with van der Waals surface area (Å²) in [6.07, 6.45) is 3.33. The van der Waals surface area contributed by atoms with Crippen LogP contribution in [0.15, 0.2) is 42.6 Å².